The molecule has 0 spiro atoms. The molecule has 0 atom stereocenters. The number of hydrogen-bond donors (Lipinski definition) is 1. The lowest BCUT2D eigenvalue weighted by Gasteiger charge is -2.18. The topological polar surface area (TPSA) is 37.3 Å². The smallest absolute Gasteiger partial charge is 0.193 e. The fraction of sp³-hybridized carbons (Fsp3) is 0.188. The third-order valence-corrected chi connectivity index (χ3v) is 2.87. The maximum absolute atomic E-state index is 12.2. The first-order valence-corrected chi connectivity index (χ1v) is 5.91. The van der Waals surface area contributed by atoms with Crippen LogP contribution in [0.4, 0.5) is 0 Å². The van der Waals surface area contributed by atoms with Gasteiger partial charge in [-0.05, 0) is 25.5 Å². The molecule has 0 aromatic heterocycles. The molecule has 2 rings (SSSR count). The third kappa shape index (κ3) is 2.66. The number of aliphatic hydroxyl groups is 1. The van der Waals surface area contributed by atoms with Crippen LogP contribution in [0.15, 0.2) is 54.6 Å². The van der Waals surface area contributed by atoms with Gasteiger partial charge in [0.2, 0.25) is 0 Å². The van der Waals surface area contributed by atoms with E-state index in [1.165, 1.54) is 0 Å². The highest BCUT2D eigenvalue weighted by atomic mass is 16.3. The summed E-state index contributed by atoms with van der Waals surface area (Å²) in [6, 6.07) is 16.3. The molecule has 2 aromatic carbocycles. The quantitative estimate of drug-likeness (QED) is 0.837. The molecule has 0 saturated carbocycles. The van der Waals surface area contributed by atoms with Crippen LogP contribution in [0.5, 0.6) is 0 Å². The summed E-state index contributed by atoms with van der Waals surface area (Å²) in [6.45, 7) is 3.41. The predicted molar refractivity (Wildman–Crippen MR) is 71.6 cm³/mol. The summed E-state index contributed by atoms with van der Waals surface area (Å²) in [7, 11) is 0. The third-order valence-electron chi connectivity index (χ3n) is 2.87. The van der Waals surface area contributed by atoms with E-state index in [-0.39, 0.29) is 5.78 Å². The van der Waals surface area contributed by atoms with Crippen molar-refractivity contribution in [1.82, 2.24) is 0 Å². The molecule has 0 saturated heterocycles. The second-order valence-corrected chi connectivity index (χ2v) is 4.83. The minimum atomic E-state index is -0.938. The molecule has 0 radical (unpaired) electrons. The van der Waals surface area contributed by atoms with Gasteiger partial charge in [-0.15, -0.1) is 0 Å². The maximum atomic E-state index is 12.2. The van der Waals surface area contributed by atoms with Gasteiger partial charge >= 0.3 is 0 Å². The van der Waals surface area contributed by atoms with E-state index in [0.29, 0.717) is 11.1 Å². The highest BCUT2D eigenvalue weighted by molar-refractivity contribution is 6.09. The molecule has 0 aliphatic carbocycles. The molecule has 0 aliphatic rings. The first kappa shape index (κ1) is 12.5. The molecule has 2 aromatic rings. The number of ketones is 1. The highest BCUT2D eigenvalue weighted by Gasteiger charge is 2.17. The lowest BCUT2D eigenvalue weighted by molar-refractivity contribution is 0.0785. The van der Waals surface area contributed by atoms with Crippen LogP contribution in [0.3, 0.4) is 0 Å². The Labute approximate surface area is 107 Å². The van der Waals surface area contributed by atoms with Gasteiger partial charge in [0.25, 0.3) is 0 Å². The summed E-state index contributed by atoms with van der Waals surface area (Å²) in [4.78, 5) is 12.2. The minimum absolute atomic E-state index is 0.0262. The van der Waals surface area contributed by atoms with Gasteiger partial charge in [0.1, 0.15) is 0 Å². The van der Waals surface area contributed by atoms with Crippen LogP contribution in [0.1, 0.15) is 35.3 Å². The normalized spacial score (nSPS) is 11.3. The predicted octanol–water partition coefficient (Wildman–Crippen LogP) is 3.15. The Hall–Kier alpha value is -1.93. The Morgan fingerprint density at radius 3 is 2.17 bits per heavy atom. The number of carbonyl (C=O) groups excluding carboxylic acids is 1. The van der Waals surface area contributed by atoms with Crippen molar-refractivity contribution in [3.8, 4) is 0 Å². The van der Waals surface area contributed by atoms with E-state index in [1.54, 1.807) is 44.2 Å². The van der Waals surface area contributed by atoms with Crippen molar-refractivity contribution in [1.29, 1.82) is 0 Å². The summed E-state index contributed by atoms with van der Waals surface area (Å²) in [5, 5.41) is 9.95. The van der Waals surface area contributed by atoms with E-state index in [4.69, 9.17) is 0 Å². The van der Waals surface area contributed by atoms with Gasteiger partial charge in [0.05, 0.1) is 5.60 Å². The molecule has 0 aliphatic heterocycles. The van der Waals surface area contributed by atoms with Crippen molar-refractivity contribution >= 4 is 5.78 Å². The van der Waals surface area contributed by atoms with Crippen LogP contribution in [0.25, 0.3) is 0 Å². The zero-order chi connectivity index (χ0) is 13.2. The Morgan fingerprint density at radius 2 is 1.56 bits per heavy atom. The first-order valence-electron chi connectivity index (χ1n) is 5.91. The summed E-state index contributed by atoms with van der Waals surface area (Å²) in [6.07, 6.45) is 0. The molecular weight excluding hydrogens is 224 g/mol. The first-order chi connectivity index (χ1) is 8.48. The largest absolute Gasteiger partial charge is 0.386 e. The molecule has 2 nitrogen and oxygen atoms in total. The second kappa shape index (κ2) is 4.75. The summed E-state index contributed by atoms with van der Waals surface area (Å²) >= 11 is 0. The van der Waals surface area contributed by atoms with E-state index in [1.807, 2.05) is 24.3 Å². The fourth-order valence-corrected chi connectivity index (χ4v) is 1.80. The number of rotatable bonds is 3. The molecular formula is C16H16O2. The minimum Gasteiger partial charge on any atom is -0.386 e. The van der Waals surface area contributed by atoms with Gasteiger partial charge < -0.3 is 5.11 Å². The molecule has 92 valence electrons. The second-order valence-electron chi connectivity index (χ2n) is 4.83. The van der Waals surface area contributed by atoms with Crippen molar-refractivity contribution in [3.05, 3.63) is 71.3 Å². The van der Waals surface area contributed by atoms with Crippen LogP contribution in [-0.2, 0) is 5.60 Å². The molecule has 0 fully saturated rings. The van der Waals surface area contributed by atoms with Crippen LogP contribution in [0, 0.1) is 0 Å². The number of benzene rings is 2. The molecule has 0 heterocycles. The van der Waals surface area contributed by atoms with Gasteiger partial charge in [0, 0.05) is 11.1 Å². The fourth-order valence-electron chi connectivity index (χ4n) is 1.80. The van der Waals surface area contributed by atoms with Gasteiger partial charge in [-0.3, -0.25) is 4.79 Å². The van der Waals surface area contributed by atoms with Gasteiger partial charge in [-0.25, -0.2) is 0 Å². The Morgan fingerprint density at radius 1 is 0.944 bits per heavy atom. The Bertz CT molecular complexity index is 551. The van der Waals surface area contributed by atoms with Crippen molar-refractivity contribution in [2.75, 3.05) is 0 Å². The van der Waals surface area contributed by atoms with Gasteiger partial charge in [-0.2, -0.15) is 0 Å². The van der Waals surface area contributed by atoms with E-state index < -0.39 is 5.60 Å². The lowest BCUT2D eigenvalue weighted by Crippen LogP contribution is -2.16. The van der Waals surface area contributed by atoms with Crippen molar-refractivity contribution in [2.45, 2.75) is 19.4 Å². The van der Waals surface area contributed by atoms with Crippen molar-refractivity contribution in [3.63, 3.8) is 0 Å². The molecule has 0 amide bonds. The zero-order valence-corrected chi connectivity index (χ0v) is 10.6. The van der Waals surface area contributed by atoms with E-state index in [0.717, 1.165) is 5.56 Å². The van der Waals surface area contributed by atoms with E-state index >= 15 is 0 Å². The summed E-state index contributed by atoms with van der Waals surface area (Å²) < 4.78 is 0. The molecule has 0 bridgehead atoms. The van der Waals surface area contributed by atoms with Gasteiger partial charge in [0.15, 0.2) is 5.78 Å². The Kier molecular flexibility index (Phi) is 3.30. The number of carbonyl (C=O) groups is 1. The van der Waals surface area contributed by atoms with Crippen LogP contribution in [0.2, 0.25) is 0 Å². The van der Waals surface area contributed by atoms with Crippen LogP contribution < -0.4 is 0 Å². The van der Waals surface area contributed by atoms with Crippen molar-refractivity contribution < 1.29 is 9.90 Å². The summed E-state index contributed by atoms with van der Waals surface area (Å²) in [5.74, 6) is -0.0262. The van der Waals surface area contributed by atoms with Crippen molar-refractivity contribution in [2.24, 2.45) is 0 Å². The average molecular weight is 240 g/mol. The highest BCUT2D eigenvalue weighted by Crippen LogP contribution is 2.21. The standard InChI is InChI=1S/C16H16O2/c1-16(2,18)14-10-6-9-13(11-14)15(17)12-7-4-3-5-8-12/h3-11,18H,1-2H3. The average Bonchev–Trinajstić information content (AvgIpc) is 2.38. The molecule has 0 unspecified atom stereocenters. The lowest BCUT2D eigenvalue weighted by atomic mass is 9.94. The van der Waals surface area contributed by atoms with Crippen LogP contribution >= 0.6 is 0 Å². The molecule has 2 heteroatoms. The summed E-state index contributed by atoms with van der Waals surface area (Å²) in [5.41, 5.74) is 1.06. The monoisotopic (exact) mass is 240 g/mol. The van der Waals surface area contributed by atoms with E-state index in [9.17, 15) is 9.90 Å². The van der Waals surface area contributed by atoms with Gasteiger partial charge in [-0.1, -0.05) is 48.5 Å². The Balaban J connectivity index is 2.38. The maximum Gasteiger partial charge on any atom is 0.193 e. The molecule has 1 N–H and O–H groups in total. The van der Waals surface area contributed by atoms with Crippen LogP contribution in [-0.4, -0.2) is 10.9 Å². The zero-order valence-electron chi connectivity index (χ0n) is 10.6. The SMILES string of the molecule is CC(C)(O)c1cccc(C(=O)c2ccccc2)c1. The number of hydrogen-bond acceptors (Lipinski definition) is 2. The van der Waals surface area contributed by atoms with E-state index in [2.05, 4.69) is 0 Å². The molecule has 18 heavy (non-hydrogen) atoms.